The number of hydrogen-bond acceptors (Lipinski definition) is 6. The molecule has 0 spiro atoms. The highest BCUT2D eigenvalue weighted by molar-refractivity contribution is 6.31. The lowest BCUT2D eigenvalue weighted by molar-refractivity contribution is -0.122. The molecule has 3 heterocycles. The first kappa shape index (κ1) is 21.6. The number of aryl methyl sites for hydroxylation is 2. The van der Waals surface area contributed by atoms with Gasteiger partial charge in [-0.05, 0) is 25.1 Å². The number of para-hydroxylation sites is 1. The van der Waals surface area contributed by atoms with Crippen molar-refractivity contribution in [1.82, 2.24) is 25.1 Å². The van der Waals surface area contributed by atoms with Crippen LogP contribution in [-0.2, 0) is 18.4 Å². The molecule has 1 N–H and O–H groups in total. The van der Waals surface area contributed by atoms with Crippen LogP contribution < -0.4 is 14.8 Å². The fourth-order valence-corrected chi connectivity index (χ4v) is 3.59. The Morgan fingerprint density at radius 1 is 1.19 bits per heavy atom. The molecule has 0 bridgehead atoms. The Hall–Kier alpha value is -3.65. The van der Waals surface area contributed by atoms with Crippen molar-refractivity contribution in [3.8, 4) is 22.8 Å². The summed E-state index contributed by atoms with van der Waals surface area (Å²) in [5.41, 5.74) is 4.21. The molecule has 1 aromatic carbocycles. The topological polar surface area (TPSA) is 91.2 Å². The molecule has 164 valence electrons. The van der Waals surface area contributed by atoms with Crippen molar-refractivity contribution in [2.24, 2.45) is 7.05 Å². The van der Waals surface area contributed by atoms with E-state index in [0.717, 1.165) is 27.9 Å². The fraction of sp³-hybridized carbons (Fsp3) is 0.217. The highest BCUT2D eigenvalue weighted by atomic mass is 35.5. The Morgan fingerprint density at radius 3 is 2.78 bits per heavy atom. The van der Waals surface area contributed by atoms with Crippen LogP contribution in [0.3, 0.4) is 0 Å². The van der Waals surface area contributed by atoms with Crippen LogP contribution in [0.4, 0.5) is 0 Å². The molecule has 1 amide bonds. The lowest BCUT2D eigenvalue weighted by Crippen LogP contribution is -2.25. The molecule has 32 heavy (non-hydrogen) atoms. The molecule has 8 nitrogen and oxygen atoms in total. The standard InChI is InChI=1S/C23H22ClN5O3/c1-14-9-16(19-7-8-27-29(19)3)15-5-4-6-20(23(15)28-14)31-12-17-18(24)10-26-11-21(17)32-13-22(30)25-2/h4-11H,12-13H2,1-3H3,(H,25,30). The molecule has 0 saturated carbocycles. The number of fused-ring (bicyclic) bond motifs is 1. The Labute approximate surface area is 190 Å². The van der Waals surface area contributed by atoms with Crippen LogP contribution in [-0.4, -0.2) is 39.3 Å². The summed E-state index contributed by atoms with van der Waals surface area (Å²) in [6, 6.07) is 9.80. The Kier molecular flexibility index (Phi) is 6.23. The number of likely N-dealkylation sites (N-methyl/N-ethyl adjacent to an activating group) is 1. The van der Waals surface area contributed by atoms with Gasteiger partial charge in [-0.3, -0.25) is 14.5 Å². The molecular weight excluding hydrogens is 430 g/mol. The number of nitrogens with one attached hydrogen (secondary N) is 1. The summed E-state index contributed by atoms with van der Waals surface area (Å²) in [5.74, 6) is 0.745. The van der Waals surface area contributed by atoms with Gasteiger partial charge in [0.25, 0.3) is 5.91 Å². The molecule has 0 unspecified atom stereocenters. The van der Waals surface area contributed by atoms with Crippen molar-refractivity contribution in [2.75, 3.05) is 13.7 Å². The smallest absolute Gasteiger partial charge is 0.257 e. The quantitative estimate of drug-likeness (QED) is 0.460. The van der Waals surface area contributed by atoms with E-state index in [1.54, 1.807) is 13.2 Å². The zero-order valence-electron chi connectivity index (χ0n) is 17.9. The molecule has 0 fully saturated rings. The van der Waals surface area contributed by atoms with Crippen LogP contribution in [0.1, 0.15) is 11.3 Å². The van der Waals surface area contributed by atoms with E-state index in [1.165, 1.54) is 12.4 Å². The number of halogens is 1. The third-order valence-electron chi connectivity index (χ3n) is 5.00. The zero-order chi connectivity index (χ0) is 22.7. The molecule has 0 aliphatic rings. The van der Waals surface area contributed by atoms with E-state index >= 15 is 0 Å². The van der Waals surface area contributed by atoms with Gasteiger partial charge in [-0.1, -0.05) is 23.7 Å². The molecule has 0 radical (unpaired) electrons. The van der Waals surface area contributed by atoms with Gasteiger partial charge >= 0.3 is 0 Å². The fourth-order valence-electron chi connectivity index (χ4n) is 3.39. The summed E-state index contributed by atoms with van der Waals surface area (Å²) >= 11 is 6.35. The second-order valence-electron chi connectivity index (χ2n) is 7.15. The minimum Gasteiger partial charge on any atom is -0.486 e. The van der Waals surface area contributed by atoms with Crippen molar-refractivity contribution >= 4 is 28.4 Å². The third-order valence-corrected chi connectivity index (χ3v) is 5.33. The van der Waals surface area contributed by atoms with Gasteiger partial charge in [-0.25, -0.2) is 4.98 Å². The number of carbonyl (C=O) groups is 1. The van der Waals surface area contributed by atoms with Crippen molar-refractivity contribution < 1.29 is 14.3 Å². The van der Waals surface area contributed by atoms with Crippen LogP contribution in [0.15, 0.2) is 48.9 Å². The number of ether oxygens (including phenoxy) is 2. The Morgan fingerprint density at radius 2 is 2.03 bits per heavy atom. The number of rotatable bonds is 7. The number of aromatic nitrogens is 4. The minimum absolute atomic E-state index is 0.125. The summed E-state index contributed by atoms with van der Waals surface area (Å²) in [4.78, 5) is 20.3. The number of pyridine rings is 2. The maximum Gasteiger partial charge on any atom is 0.257 e. The van der Waals surface area contributed by atoms with Gasteiger partial charge in [-0.15, -0.1) is 0 Å². The van der Waals surface area contributed by atoms with Crippen LogP contribution in [0, 0.1) is 6.92 Å². The van der Waals surface area contributed by atoms with E-state index in [1.807, 2.05) is 49.0 Å². The molecule has 0 atom stereocenters. The summed E-state index contributed by atoms with van der Waals surface area (Å²) in [7, 11) is 3.45. The van der Waals surface area contributed by atoms with E-state index in [-0.39, 0.29) is 19.1 Å². The highest BCUT2D eigenvalue weighted by Gasteiger charge is 2.15. The first-order chi connectivity index (χ1) is 15.5. The van der Waals surface area contributed by atoms with E-state index in [9.17, 15) is 4.79 Å². The predicted molar refractivity (Wildman–Crippen MR) is 122 cm³/mol. The number of nitrogens with zero attached hydrogens (tertiary/aromatic N) is 4. The Balaban J connectivity index is 1.68. The van der Waals surface area contributed by atoms with Crippen molar-refractivity contribution in [3.05, 3.63) is 65.2 Å². The molecule has 4 rings (SSSR count). The average molecular weight is 452 g/mol. The van der Waals surface area contributed by atoms with E-state index in [2.05, 4.69) is 15.4 Å². The molecule has 0 aliphatic carbocycles. The Bertz CT molecular complexity index is 1290. The number of carbonyl (C=O) groups excluding carboxylic acids is 1. The van der Waals surface area contributed by atoms with Crippen LogP contribution in [0.25, 0.3) is 22.2 Å². The van der Waals surface area contributed by atoms with E-state index in [4.69, 9.17) is 26.1 Å². The minimum atomic E-state index is -0.256. The predicted octanol–water partition coefficient (Wildman–Crippen LogP) is 3.70. The maximum absolute atomic E-state index is 11.6. The van der Waals surface area contributed by atoms with E-state index in [0.29, 0.717) is 22.1 Å². The SMILES string of the molecule is CNC(=O)COc1cncc(Cl)c1COc1cccc2c(-c3ccnn3C)cc(C)nc12. The molecule has 9 heteroatoms. The number of amides is 1. The number of benzene rings is 1. The molecule has 0 saturated heterocycles. The van der Waals surface area contributed by atoms with Crippen LogP contribution in [0.2, 0.25) is 5.02 Å². The normalized spacial score (nSPS) is 10.9. The molecule has 0 aliphatic heterocycles. The molecule has 3 aromatic heterocycles. The molecular formula is C23H22ClN5O3. The van der Waals surface area contributed by atoms with Crippen molar-refractivity contribution in [2.45, 2.75) is 13.5 Å². The lowest BCUT2D eigenvalue weighted by Gasteiger charge is -2.15. The van der Waals surface area contributed by atoms with Gasteiger partial charge in [0.15, 0.2) is 6.61 Å². The van der Waals surface area contributed by atoms with Gasteiger partial charge in [-0.2, -0.15) is 5.10 Å². The van der Waals surface area contributed by atoms with Gasteiger partial charge in [0.2, 0.25) is 0 Å². The third kappa shape index (κ3) is 4.36. The van der Waals surface area contributed by atoms with Crippen LogP contribution in [0.5, 0.6) is 11.5 Å². The van der Waals surface area contributed by atoms with Crippen molar-refractivity contribution in [3.63, 3.8) is 0 Å². The zero-order valence-corrected chi connectivity index (χ0v) is 18.7. The van der Waals surface area contributed by atoms with Gasteiger partial charge in [0, 0.05) is 43.1 Å². The maximum atomic E-state index is 11.6. The second-order valence-corrected chi connectivity index (χ2v) is 7.56. The summed E-state index contributed by atoms with van der Waals surface area (Å²) in [6.45, 7) is 1.93. The van der Waals surface area contributed by atoms with Crippen LogP contribution >= 0.6 is 11.6 Å². The second kappa shape index (κ2) is 9.23. The van der Waals surface area contributed by atoms with Gasteiger partial charge in [0.1, 0.15) is 23.6 Å². The van der Waals surface area contributed by atoms with Crippen molar-refractivity contribution in [1.29, 1.82) is 0 Å². The first-order valence-corrected chi connectivity index (χ1v) is 10.3. The summed E-state index contributed by atoms with van der Waals surface area (Å²) in [6.07, 6.45) is 4.79. The lowest BCUT2D eigenvalue weighted by atomic mass is 10.0. The highest BCUT2D eigenvalue weighted by Crippen LogP contribution is 2.34. The monoisotopic (exact) mass is 451 g/mol. The number of hydrogen-bond donors (Lipinski definition) is 1. The summed E-state index contributed by atoms with van der Waals surface area (Å²) < 4.78 is 13.6. The largest absolute Gasteiger partial charge is 0.486 e. The average Bonchev–Trinajstić information content (AvgIpc) is 3.22. The van der Waals surface area contributed by atoms with Gasteiger partial charge < -0.3 is 14.8 Å². The van der Waals surface area contributed by atoms with Gasteiger partial charge in [0.05, 0.1) is 22.5 Å². The summed E-state index contributed by atoms with van der Waals surface area (Å²) in [5, 5.41) is 8.14. The molecule has 4 aromatic rings. The van der Waals surface area contributed by atoms with E-state index < -0.39 is 0 Å². The first-order valence-electron chi connectivity index (χ1n) is 9.95.